The Morgan fingerprint density at radius 1 is 1.19 bits per heavy atom. The maximum absolute atomic E-state index is 5.80. The fraction of sp³-hybridized carbons (Fsp3) is 0.333. The van der Waals surface area contributed by atoms with Crippen molar-refractivity contribution >= 4 is 22.6 Å². The second-order valence-electron chi connectivity index (χ2n) is 9.49. The van der Waals surface area contributed by atoms with Crippen molar-refractivity contribution < 1.29 is 0 Å². The number of rotatable bonds is 10. The van der Waals surface area contributed by atoms with Gasteiger partial charge in [-0.3, -0.25) is 5.84 Å². The van der Waals surface area contributed by atoms with E-state index in [4.69, 9.17) is 15.9 Å². The molecule has 4 rings (SSSR count). The molecule has 37 heavy (non-hydrogen) atoms. The molecule has 3 heterocycles. The molecule has 0 aliphatic carbocycles. The lowest BCUT2D eigenvalue weighted by Gasteiger charge is -2.20. The number of hydrogen-bond donors (Lipinski definition) is 3. The largest absolute Gasteiger partial charge is 0.385 e. The Hall–Kier alpha value is -3.84. The lowest BCUT2D eigenvalue weighted by Crippen LogP contribution is -2.31. The average Bonchev–Trinajstić information content (AvgIpc) is 3.51. The highest BCUT2D eigenvalue weighted by molar-refractivity contribution is 5.80. The number of hydrogen-bond acceptors (Lipinski definition) is 6. The molecular weight excluding hydrogens is 458 g/mol. The number of allylic oxidation sites excluding steroid dienone is 5. The molecule has 3 aromatic rings. The van der Waals surface area contributed by atoms with Crippen LogP contribution in [0.5, 0.6) is 0 Å². The van der Waals surface area contributed by atoms with Gasteiger partial charge in [-0.1, -0.05) is 74.6 Å². The van der Waals surface area contributed by atoms with Crippen molar-refractivity contribution in [1.82, 2.24) is 25.3 Å². The van der Waals surface area contributed by atoms with E-state index in [1.807, 2.05) is 54.0 Å². The number of hydrazine groups is 1. The van der Waals surface area contributed by atoms with Crippen LogP contribution in [-0.4, -0.2) is 33.7 Å². The van der Waals surface area contributed by atoms with Crippen molar-refractivity contribution in [3.05, 3.63) is 95.6 Å². The zero-order valence-electron chi connectivity index (χ0n) is 22.5. The normalized spacial score (nSPS) is 16.2. The van der Waals surface area contributed by atoms with Crippen molar-refractivity contribution in [2.75, 3.05) is 18.0 Å². The van der Waals surface area contributed by atoms with E-state index in [1.54, 1.807) is 0 Å². The van der Waals surface area contributed by atoms with Crippen molar-refractivity contribution in [3.63, 3.8) is 0 Å². The summed E-state index contributed by atoms with van der Waals surface area (Å²) < 4.78 is 2.02. The summed E-state index contributed by atoms with van der Waals surface area (Å²) in [6.45, 7) is 14.3. The summed E-state index contributed by atoms with van der Waals surface area (Å²) >= 11 is 0. The van der Waals surface area contributed by atoms with E-state index < -0.39 is 0 Å². The smallest absolute Gasteiger partial charge is 0.178 e. The van der Waals surface area contributed by atoms with Gasteiger partial charge >= 0.3 is 0 Å². The van der Waals surface area contributed by atoms with E-state index >= 15 is 0 Å². The molecule has 194 valence electrons. The van der Waals surface area contributed by atoms with Gasteiger partial charge in [-0.25, -0.2) is 9.50 Å². The summed E-state index contributed by atoms with van der Waals surface area (Å²) in [6.07, 6.45) is 11.2. The Kier molecular flexibility index (Phi) is 8.46. The number of nitrogens with two attached hydrogens (primary N) is 1. The molecule has 0 amide bonds. The second-order valence-corrected chi connectivity index (χ2v) is 9.49. The predicted molar refractivity (Wildman–Crippen MR) is 155 cm³/mol. The molecule has 1 aliphatic heterocycles. The van der Waals surface area contributed by atoms with Crippen LogP contribution in [0.1, 0.15) is 55.8 Å². The van der Waals surface area contributed by atoms with Gasteiger partial charge in [-0.15, -0.1) is 0 Å². The van der Waals surface area contributed by atoms with E-state index in [9.17, 15) is 0 Å². The molecule has 1 atom stereocenters. The van der Waals surface area contributed by atoms with Crippen LogP contribution >= 0.6 is 0 Å². The topological polar surface area (TPSA) is 83.5 Å². The molecule has 1 saturated heterocycles. The first-order valence-electron chi connectivity index (χ1n) is 13.1. The molecule has 0 saturated carbocycles. The van der Waals surface area contributed by atoms with Gasteiger partial charge in [-0.05, 0) is 39.2 Å². The summed E-state index contributed by atoms with van der Waals surface area (Å²) in [5.74, 6) is 5.80. The van der Waals surface area contributed by atoms with Crippen LogP contribution in [0.25, 0.3) is 16.9 Å². The molecule has 0 bridgehead atoms. The number of imidazole rings is 1. The number of anilines is 1. The Morgan fingerprint density at radius 3 is 2.62 bits per heavy atom. The summed E-state index contributed by atoms with van der Waals surface area (Å²) in [5, 5.41) is 8.45. The van der Waals surface area contributed by atoms with Gasteiger partial charge in [0.05, 0.1) is 28.5 Å². The molecule has 1 aromatic carbocycles. The van der Waals surface area contributed by atoms with E-state index in [0.29, 0.717) is 6.04 Å². The van der Waals surface area contributed by atoms with E-state index in [-0.39, 0.29) is 0 Å². The molecule has 1 fully saturated rings. The van der Waals surface area contributed by atoms with Crippen LogP contribution in [0.4, 0.5) is 5.69 Å². The Morgan fingerprint density at radius 2 is 1.95 bits per heavy atom. The molecule has 7 nitrogen and oxygen atoms in total. The number of nitrogens with one attached hydrogen (secondary N) is 2. The number of aryl methyl sites for hydroxylation is 2. The minimum Gasteiger partial charge on any atom is -0.385 e. The Balaban J connectivity index is 1.64. The second kappa shape index (κ2) is 11.9. The molecule has 0 spiro atoms. The fourth-order valence-electron chi connectivity index (χ4n) is 4.93. The van der Waals surface area contributed by atoms with Gasteiger partial charge in [-0.2, -0.15) is 5.10 Å². The third kappa shape index (κ3) is 5.78. The summed E-state index contributed by atoms with van der Waals surface area (Å²) in [6, 6.07) is 12.5. The van der Waals surface area contributed by atoms with Gasteiger partial charge in [0.15, 0.2) is 5.65 Å². The maximum Gasteiger partial charge on any atom is 0.178 e. The molecular formula is C30H39N7. The SMILES string of the molecule is C=C/C=C(\C=C(CC)CC)c1c(C)nc2c(N3CCC(N/C=C(\NN)c4ccccc4)C3)cc(C)nn12. The Labute approximate surface area is 220 Å². The van der Waals surface area contributed by atoms with Crippen molar-refractivity contribution in [3.8, 4) is 0 Å². The molecule has 1 aliphatic rings. The quantitative estimate of drug-likeness (QED) is 0.200. The van der Waals surface area contributed by atoms with Crippen molar-refractivity contribution in [2.24, 2.45) is 5.84 Å². The third-order valence-corrected chi connectivity index (χ3v) is 6.93. The third-order valence-electron chi connectivity index (χ3n) is 6.93. The minimum atomic E-state index is 0.298. The highest BCUT2D eigenvalue weighted by atomic mass is 15.3. The average molecular weight is 498 g/mol. The first-order valence-corrected chi connectivity index (χ1v) is 13.1. The van der Waals surface area contributed by atoms with E-state index in [0.717, 1.165) is 77.6 Å². The van der Waals surface area contributed by atoms with Crippen LogP contribution in [0.3, 0.4) is 0 Å². The first kappa shape index (κ1) is 26.2. The van der Waals surface area contributed by atoms with Crippen LogP contribution < -0.4 is 21.5 Å². The number of benzene rings is 1. The summed E-state index contributed by atoms with van der Waals surface area (Å²) in [4.78, 5) is 7.41. The monoisotopic (exact) mass is 497 g/mol. The van der Waals surface area contributed by atoms with Gasteiger partial charge in [0.25, 0.3) is 0 Å². The standard InChI is InChI=1S/C30H39N7/c1-6-12-25(18-23(7-2)8-3)29-22(5)33-30-28(17-21(4)35-37(29)30)36-16-15-26(20-36)32-19-27(34-31)24-13-10-9-11-14-24/h6,9-14,17-19,26,32,34H,1,7-8,15-16,20,31H2,2-5H3/b25-12+,27-19-. The molecule has 1 unspecified atom stereocenters. The molecule has 7 heteroatoms. The minimum absolute atomic E-state index is 0.298. The van der Waals surface area contributed by atoms with Crippen molar-refractivity contribution in [2.45, 2.75) is 53.0 Å². The van der Waals surface area contributed by atoms with Gasteiger partial charge in [0.2, 0.25) is 0 Å². The number of nitrogens with zero attached hydrogens (tertiary/aromatic N) is 4. The van der Waals surface area contributed by atoms with E-state index in [1.165, 1.54) is 5.57 Å². The van der Waals surface area contributed by atoms with E-state index in [2.05, 4.69) is 61.2 Å². The molecule has 2 aromatic heterocycles. The summed E-state index contributed by atoms with van der Waals surface area (Å²) in [5.41, 5.74) is 12.2. The lowest BCUT2D eigenvalue weighted by atomic mass is 10.0. The van der Waals surface area contributed by atoms with Gasteiger partial charge in [0.1, 0.15) is 0 Å². The number of aromatic nitrogens is 3. The van der Waals surface area contributed by atoms with Crippen molar-refractivity contribution in [1.29, 1.82) is 0 Å². The highest BCUT2D eigenvalue weighted by Crippen LogP contribution is 2.31. The van der Waals surface area contributed by atoms with Gasteiger partial charge < -0.3 is 15.6 Å². The van der Waals surface area contributed by atoms with Crippen LogP contribution in [0.15, 0.2) is 73.0 Å². The first-order chi connectivity index (χ1) is 18.0. The fourth-order valence-corrected chi connectivity index (χ4v) is 4.93. The number of fused-ring (bicyclic) bond motifs is 1. The van der Waals surface area contributed by atoms with Crippen LogP contribution in [-0.2, 0) is 0 Å². The highest BCUT2D eigenvalue weighted by Gasteiger charge is 2.26. The lowest BCUT2D eigenvalue weighted by molar-refractivity contribution is 0.644. The predicted octanol–water partition coefficient (Wildman–Crippen LogP) is 5.29. The maximum atomic E-state index is 5.80. The Bertz CT molecular complexity index is 1320. The zero-order chi connectivity index (χ0) is 26.4. The summed E-state index contributed by atoms with van der Waals surface area (Å²) in [7, 11) is 0. The van der Waals surface area contributed by atoms with Gasteiger partial charge in [0, 0.05) is 36.5 Å². The zero-order valence-corrected chi connectivity index (χ0v) is 22.5. The van der Waals surface area contributed by atoms with Crippen LogP contribution in [0.2, 0.25) is 0 Å². The molecule has 4 N–H and O–H groups in total. The van der Waals surface area contributed by atoms with Crippen LogP contribution in [0, 0.1) is 13.8 Å². The molecule has 0 radical (unpaired) electrons.